The van der Waals surface area contributed by atoms with Crippen molar-refractivity contribution in [2.24, 2.45) is 47.3 Å². The number of fused-ring (bicyclic) bond motifs is 7. The van der Waals surface area contributed by atoms with Gasteiger partial charge in [-0.25, -0.2) is 0 Å². The molecule has 0 aromatic heterocycles. The number of Topliss-reactive ketones (excluding diaryl/α,β-unsaturated/α-hetero) is 1. The Labute approximate surface area is 218 Å². The molecule has 2 bridgehead atoms. The Bertz CT molecular complexity index is 1030. The molecular weight excluding hydrogens is 472 g/mol. The van der Waals surface area contributed by atoms with Crippen LogP contribution in [0.4, 0.5) is 0 Å². The standard InChI is InChI=1S/C29H40N2O6/c1-3-15-11-17-12-19-18-5-4-6-23(35)30-10-9-21(33)27-28(36)26(29(37)31-27)20(32)8-7-16(18)13-22(34)25(19)24(17)14(15)2/h4,6-8,14-19,21-22,24-25,27,32-34H,3,5,9-13H2,1-2H3,(H,30,35)(H,31,37)/b6-4+,8-7-,26-20-/t14-,15-,16+,17-,18+,19+,21?,22-,24-,25+,27?/m0/s1. The van der Waals surface area contributed by atoms with Gasteiger partial charge >= 0.3 is 0 Å². The second-order valence-corrected chi connectivity index (χ2v) is 11.9. The van der Waals surface area contributed by atoms with E-state index < -0.39 is 35.7 Å². The van der Waals surface area contributed by atoms with Crippen molar-refractivity contribution in [3.8, 4) is 0 Å². The Morgan fingerprint density at radius 1 is 1.00 bits per heavy atom. The molecule has 0 aromatic carbocycles. The Morgan fingerprint density at radius 2 is 1.78 bits per heavy atom. The van der Waals surface area contributed by atoms with Crippen LogP contribution in [-0.2, 0) is 14.4 Å². The molecule has 8 heteroatoms. The van der Waals surface area contributed by atoms with Gasteiger partial charge in [-0.3, -0.25) is 14.4 Å². The average molecular weight is 513 g/mol. The first-order chi connectivity index (χ1) is 17.7. The molecular formula is C29H40N2O6. The number of carbonyl (C=O) groups excluding carboxylic acids is 3. The SMILES string of the molecule is CC[C@H]1C[C@H]2C[C@@H]3[C@@H]4C/C=C/C(=O)NCCC(O)C5NC(=O)/C(=C(O)/C=C\[C@@H]4C[C@H](O)[C@@H]3[C@H]2[C@H]1C)C5=O. The molecule has 1 saturated heterocycles. The lowest BCUT2D eigenvalue weighted by atomic mass is 9.62. The maximum atomic E-state index is 12.8. The van der Waals surface area contributed by atoms with Gasteiger partial charge in [0.2, 0.25) is 5.91 Å². The van der Waals surface area contributed by atoms with Crippen LogP contribution in [0.25, 0.3) is 0 Å². The van der Waals surface area contributed by atoms with Gasteiger partial charge in [0.15, 0.2) is 5.78 Å². The summed E-state index contributed by atoms with van der Waals surface area (Å²) >= 11 is 0. The van der Waals surface area contributed by atoms with E-state index in [2.05, 4.69) is 24.5 Å². The highest BCUT2D eigenvalue weighted by atomic mass is 16.3. The third kappa shape index (κ3) is 4.67. The van der Waals surface area contributed by atoms with Crippen molar-refractivity contribution in [1.82, 2.24) is 10.6 Å². The van der Waals surface area contributed by atoms with Crippen LogP contribution in [0, 0.1) is 47.3 Å². The number of rotatable bonds is 1. The predicted molar refractivity (Wildman–Crippen MR) is 137 cm³/mol. The number of aliphatic hydroxyl groups excluding tert-OH is 3. The van der Waals surface area contributed by atoms with Crippen LogP contribution in [0.1, 0.15) is 52.4 Å². The van der Waals surface area contributed by atoms with Gasteiger partial charge in [-0.2, -0.15) is 0 Å². The van der Waals surface area contributed by atoms with Crippen LogP contribution in [-0.4, -0.2) is 57.7 Å². The van der Waals surface area contributed by atoms with Crippen molar-refractivity contribution in [3.05, 3.63) is 35.6 Å². The van der Waals surface area contributed by atoms with Gasteiger partial charge in [0.25, 0.3) is 5.91 Å². The number of allylic oxidation sites excluding steroid dienone is 3. The van der Waals surface area contributed by atoms with Crippen LogP contribution < -0.4 is 10.6 Å². The van der Waals surface area contributed by atoms with Crippen LogP contribution in [0.2, 0.25) is 0 Å². The molecule has 4 fully saturated rings. The molecule has 5 N–H and O–H groups in total. The molecule has 202 valence electrons. The summed E-state index contributed by atoms with van der Waals surface area (Å²) in [7, 11) is 0. The molecule has 11 atom stereocenters. The van der Waals surface area contributed by atoms with Gasteiger partial charge in [-0.1, -0.05) is 32.4 Å². The van der Waals surface area contributed by atoms with Crippen molar-refractivity contribution in [3.63, 3.8) is 0 Å². The maximum absolute atomic E-state index is 12.8. The van der Waals surface area contributed by atoms with Crippen LogP contribution >= 0.6 is 0 Å². The lowest BCUT2D eigenvalue weighted by Gasteiger charge is -2.44. The first-order valence-electron chi connectivity index (χ1n) is 14.0. The summed E-state index contributed by atoms with van der Waals surface area (Å²) in [5.74, 6) is 1.03. The number of carbonyl (C=O) groups is 3. The summed E-state index contributed by atoms with van der Waals surface area (Å²) in [4.78, 5) is 37.7. The number of aliphatic hydroxyl groups is 3. The van der Waals surface area contributed by atoms with Gasteiger partial charge in [0, 0.05) is 6.54 Å². The fourth-order valence-electron chi connectivity index (χ4n) is 8.51. The van der Waals surface area contributed by atoms with E-state index in [4.69, 9.17) is 0 Å². The Hall–Kier alpha value is -2.45. The molecule has 5 rings (SSSR count). The molecule has 0 radical (unpaired) electrons. The number of hydrogen-bond donors (Lipinski definition) is 5. The van der Waals surface area contributed by atoms with Gasteiger partial charge in [-0.05, 0) is 91.6 Å². The van der Waals surface area contributed by atoms with Gasteiger partial charge in [0.1, 0.15) is 17.4 Å². The molecule has 5 aliphatic rings. The van der Waals surface area contributed by atoms with Crippen LogP contribution in [0.3, 0.4) is 0 Å². The topological polar surface area (TPSA) is 136 Å². The fraction of sp³-hybridized carbons (Fsp3) is 0.690. The molecule has 37 heavy (non-hydrogen) atoms. The molecule has 2 unspecified atom stereocenters. The minimum Gasteiger partial charge on any atom is -0.507 e. The number of hydrogen-bond acceptors (Lipinski definition) is 6. The third-order valence-electron chi connectivity index (χ3n) is 10.2. The lowest BCUT2D eigenvalue weighted by Crippen LogP contribution is -2.43. The van der Waals surface area contributed by atoms with E-state index >= 15 is 0 Å². The minimum absolute atomic E-state index is 0.0725. The molecule has 8 nitrogen and oxygen atoms in total. The zero-order chi connectivity index (χ0) is 26.4. The largest absolute Gasteiger partial charge is 0.507 e. The highest BCUT2D eigenvalue weighted by Gasteiger charge is 2.58. The van der Waals surface area contributed by atoms with Gasteiger partial charge < -0.3 is 26.0 Å². The smallest absolute Gasteiger partial charge is 0.259 e. The summed E-state index contributed by atoms with van der Waals surface area (Å²) in [5.41, 5.74) is -0.350. The predicted octanol–water partition coefficient (Wildman–Crippen LogP) is 2.18. The van der Waals surface area contributed by atoms with Crippen molar-refractivity contribution < 1.29 is 29.7 Å². The Balaban J connectivity index is 1.47. The number of nitrogens with one attached hydrogen (secondary N) is 2. The van der Waals surface area contributed by atoms with Gasteiger partial charge in [-0.15, -0.1) is 0 Å². The first kappa shape index (κ1) is 26.2. The maximum Gasteiger partial charge on any atom is 0.259 e. The average Bonchev–Trinajstić information content (AvgIpc) is 3.48. The summed E-state index contributed by atoms with van der Waals surface area (Å²) in [5, 5.41) is 37.7. The third-order valence-corrected chi connectivity index (χ3v) is 10.2. The molecule has 0 aromatic rings. The normalized spacial score (nSPS) is 48.0. The second kappa shape index (κ2) is 10.4. The highest BCUT2D eigenvalue weighted by Crippen LogP contribution is 2.62. The molecule has 0 spiro atoms. The Kier molecular flexibility index (Phi) is 7.33. The summed E-state index contributed by atoms with van der Waals surface area (Å²) in [6, 6.07) is -1.16. The quantitative estimate of drug-likeness (QED) is 0.342. The number of amides is 2. The zero-order valence-electron chi connectivity index (χ0n) is 21.7. The van der Waals surface area contributed by atoms with E-state index in [0.717, 1.165) is 6.42 Å². The van der Waals surface area contributed by atoms with E-state index in [1.807, 2.05) is 12.2 Å². The van der Waals surface area contributed by atoms with Crippen molar-refractivity contribution in [2.75, 3.05) is 6.54 Å². The second-order valence-electron chi connectivity index (χ2n) is 11.9. The van der Waals surface area contributed by atoms with Crippen LogP contribution in [0.15, 0.2) is 35.6 Å². The van der Waals surface area contributed by atoms with Gasteiger partial charge in [0.05, 0.1) is 12.2 Å². The number of ketones is 1. The van der Waals surface area contributed by atoms with E-state index in [0.29, 0.717) is 42.4 Å². The lowest BCUT2D eigenvalue weighted by molar-refractivity contribution is -0.118. The fourth-order valence-corrected chi connectivity index (χ4v) is 8.51. The van der Waals surface area contributed by atoms with E-state index in [1.54, 1.807) is 0 Å². The summed E-state index contributed by atoms with van der Waals surface area (Å²) in [6.45, 7) is 4.76. The molecule has 2 aliphatic heterocycles. The van der Waals surface area contributed by atoms with E-state index in [1.165, 1.54) is 25.0 Å². The molecule has 2 amide bonds. The van der Waals surface area contributed by atoms with E-state index in [-0.39, 0.29) is 42.2 Å². The monoisotopic (exact) mass is 512 g/mol. The molecule has 2 heterocycles. The zero-order valence-corrected chi connectivity index (χ0v) is 21.7. The molecule has 3 aliphatic carbocycles. The van der Waals surface area contributed by atoms with Crippen molar-refractivity contribution in [2.45, 2.75) is 70.6 Å². The Morgan fingerprint density at radius 3 is 2.54 bits per heavy atom. The molecule has 3 saturated carbocycles. The van der Waals surface area contributed by atoms with Crippen molar-refractivity contribution >= 4 is 17.6 Å². The summed E-state index contributed by atoms with van der Waals surface area (Å²) < 4.78 is 0. The highest BCUT2D eigenvalue weighted by molar-refractivity contribution is 6.27. The van der Waals surface area contributed by atoms with Crippen molar-refractivity contribution in [1.29, 1.82) is 0 Å². The van der Waals surface area contributed by atoms with Crippen LogP contribution in [0.5, 0.6) is 0 Å². The minimum atomic E-state index is -1.19. The van der Waals surface area contributed by atoms with E-state index in [9.17, 15) is 29.7 Å². The first-order valence-corrected chi connectivity index (χ1v) is 14.0. The summed E-state index contributed by atoms with van der Waals surface area (Å²) in [6.07, 6.45) is 9.79.